The van der Waals surface area contributed by atoms with Crippen molar-refractivity contribution in [3.8, 4) is 5.75 Å². The summed E-state index contributed by atoms with van der Waals surface area (Å²) in [6, 6.07) is 14.0. The van der Waals surface area contributed by atoms with Crippen molar-refractivity contribution in [2.24, 2.45) is 0 Å². The molecule has 36 heavy (non-hydrogen) atoms. The fourth-order valence-corrected chi connectivity index (χ4v) is 5.29. The van der Waals surface area contributed by atoms with Crippen molar-refractivity contribution in [3.05, 3.63) is 71.4 Å². The summed E-state index contributed by atoms with van der Waals surface area (Å²) in [5.74, 6) is -1.56. The van der Waals surface area contributed by atoms with E-state index in [0.29, 0.717) is 5.75 Å². The molecule has 1 N–H and O–H groups in total. The lowest BCUT2D eigenvalue weighted by Crippen LogP contribution is -2.54. The Morgan fingerprint density at radius 3 is 2.67 bits per heavy atom. The number of hydrogen-bond donors (Lipinski definition) is 1. The number of amides is 4. The summed E-state index contributed by atoms with van der Waals surface area (Å²) in [6.07, 6.45) is 2.85. The summed E-state index contributed by atoms with van der Waals surface area (Å²) >= 11 is 0. The third kappa shape index (κ3) is 3.91. The highest BCUT2D eigenvalue weighted by molar-refractivity contribution is 6.23. The number of nitrogens with zero attached hydrogens (tertiary/aromatic N) is 3. The molecule has 0 radical (unpaired) electrons. The van der Waals surface area contributed by atoms with Crippen molar-refractivity contribution in [3.63, 3.8) is 0 Å². The number of para-hydroxylation sites is 1. The van der Waals surface area contributed by atoms with Crippen LogP contribution < -0.4 is 10.1 Å². The molecule has 1 aromatic heterocycles. The number of rotatable bonds is 5. The van der Waals surface area contributed by atoms with Gasteiger partial charge in [0.05, 0.1) is 16.6 Å². The highest BCUT2D eigenvalue weighted by Crippen LogP contribution is 2.31. The minimum Gasteiger partial charge on any atom is -0.489 e. The van der Waals surface area contributed by atoms with Gasteiger partial charge in [0.15, 0.2) is 0 Å². The first kappa shape index (κ1) is 22.4. The van der Waals surface area contributed by atoms with Crippen LogP contribution in [0.3, 0.4) is 0 Å². The second-order valence-electron chi connectivity index (χ2n) is 9.41. The molecule has 3 aliphatic rings. The molecule has 9 nitrogen and oxygen atoms in total. The Kier molecular flexibility index (Phi) is 5.49. The molecule has 0 spiro atoms. The van der Waals surface area contributed by atoms with E-state index < -0.39 is 29.7 Å². The number of hydrogen-bond acceptors (Lipinski definition) is 7. The minimum atomic E-state index is -0.980. The maximum absolute atomic E-state index is 13.1. The molecule has 3 aromatic rings. The van der Waals surface area contributed by atoms with Crippen LogP contribution in [0.15, 0.2) is 54.7 Å². The Hall–Kier alpha value is -4.11. The summed E-state index contributed by atoms with van der Waals surface area (Å²) in [7, 11) is 0. The van der Waals surface area contributed by atoms with Gasteiger partial charge in [0.1, 0.15) is 17.9 Å². The molecular formula is C27H24N4O5. The SMILES string of the molecule is O=C1CCC(N2C(=O)c3ccc(O[C@@H]4CCN(Cc5ccnc6ccccc56)C4)cc3C2=O)C(=O)N1. The van der Waals surface area contributed by atoms with E-state index in [2.05, 4.69) is 21.3 Å². The smallest absolute Gasteiger partial charge is 0.262 e. The van der Waals surface area contributed by atoms with E-state index in [1.54, 1.807) is 18.2 Å². The van der Waals surface area contributed by atoms with Gasteiger partial charge in [-0.2, -0.15) is 0 Å². The number of piperidine rings is 1. The van der Waals surface area contributed by atoms with E-state index in [-0.39, 0.29) is 30.1 Å². The van der Waals surface area contributed by atoms with Gasteiger partial charge < -0.3 is 4.74 Å². The molecule has 2 aromatic carbocycles. The van der Waals surface area contributed by atoms with Gasteiger partial charge in [0.2, 0.25) is 11.8 Å². The van der Waals surface area contributed by atoms with Crippen molar-refractivity contribution in [2.75, 3.05) is 13.1 Å². The van der Waals surface area contributed by atoms with Crippen LogP contribution in [-0.4, -0.2) is 63.6 Å². The third-order valence-corrected chi connectivity index (χ3v) is 7.08. The quantitative estimate of drug-likeness (QED) is 0.554. The number of fused-ring (bicyclic) bond motifs is 2. The van der Waals surface area contributed by atoms with Crippen LogP contribution in [-0.2, 0) is 16.1 Å². The van der Waals surface area contributed by atoms with Gasteiger partial charge in [-0.25, -0.2) is 0 Å². The largest absolute Gasteiger partial charge is 0.489 e. The Labute approximate surface area is 207 Å². The first-order valence-corrected chi connectivity index (χ1v) is 12.1. The standard InChI is InChI=1S/C27H24N4O5/c32-24-8-7-23(25(33)29-24)31-26(34)20-6-5-17(13-21(20)27(31)35)36-18-10-12-30(15-18)14-16-9-11-28-22-4-2-1-3-19(16)22/h1-6,9,11,13,18,23H,7-8,10,12,14-15H2,(H,29,32,33)/t18-,23?/m1/s1. The van der Waals surface area contributed by atoms with Crippen LogP contribution in [0, 0.1) is 0 Å². The molecule has 4 amide bonds. The number of imide groups is 2. The van der Waals surface area contributed by atoms with Gasteiger partial charge in [-0.15, -0.1) is 0 Å². The molecule has 6 rings (SSSR count). The predicted octanol–water partition coefficient (Wildman–Crippen LogP) is 2.29. The van der Waals surface area contributed by atoms with E-state index in [1.807, 2.05) is 30.5 Å². The topological polar surface area (TPSA) is 109 Å². The Bertz CT molecular complexity index is 1420. The molecular weight excluding hydrogens is 460 g/mol. The zero-order valence-electron chi connectivity index (χ0n) is 19.5. The molecule has 3 aliphatic heterocycles. The van der Waals surface area contributed by atoms with Crippen molar-refractivity contribution in [1.82, 2.24) is 20.1 Å². The zero-order chi connectivity index (χ0) is 24.8. The summed E-state index contributed by atoms with van der Waals surface area (Å²) < 4.78 is 6.20. The zero-order valence-corrected chi connectivity index (χ0v) is 19.5. The number of carbonyl (C=O) groups is 4. The average molecular weight is 485 g/mol. The number of likely N-dealkylation sites (tertiary alicyclic amines) is 1. The van der Waals surface area contributed by atoms with Crippen LogP contribution >= 0.6 is 0 Å². The van der Waals surface area contributed by atoms with Crippen LogP contribution in [0.25, 0.3) is 10.9 Å². The Morgan fingerprint density at radius 1 is 0.972 bits per heavy atom. The fourth-order valence-electron chi connectivity index (χ4n) is 5.29. The van der Waals surface area contributed by atoms with Crippen LogP contribution in [0.2, 0.25) is 0 Å². The van der Waals surface area contributed by atoms with Gasteiger partial charge in [0.25, 0.3) is 11.8 Å². The van der Waals surface area contributed by atoms with E-state index in [0.717, 1.165) is 41.9 Å². The second kappa shape index (κ2) is 8.83. The number of ether oxygens (including phenoxy) is 1. The number of carbonyl (C=O) groups excluding carboxylic acids is 4. The van der Waals surface area contributed by atoms with E-state index in [4.69, 9.17) is 4.74 Å². The molecule has 2 saturated heterocycles. The molecule has 9 heteroatoms. The van der Waals surface area contributed by atoms with Gasteiger partial charge >= 0.3 is 0 Å². The van der Waals surface area contributed by atoms with Gasteiger partial charge in [-0.1, -0.05) is 18.2 Å². The minimum absolute atomic E-state index is 0.0467. The Balaban J connectivity index is 1.13. The molecule has 2 fully saturated rings. The van der Waals surface area contributed by atoms with E-state index in [9.17, 15) is 19.2 Å². The maximum atomic E-state index is 13.1. The molecule has 0 bridgehead atoms. The summed E-state index contributed by atoms with van der Waals surface area (Å²) in [4.78, 5) is 57.4. The lowest BCUT2D eigenvalue weighted by molar-refractivity contribution is -0.136. The first-order valence-electron chi connectivity index (χ1n) is 12.1. The molecule has 1 unspecified atom stereocenters. The second-order valence-corrected chi connectivity index (χ2v) is 9.41. The third-order valence-electron chi connectivity index (χ3n) is 7.08. The highest BCUT2D eigenvalue weighted by atomic mass is 16.5. The van der Waals surface area contributed by atoms with E-state index in [1.165, 1.54) is 5.56 Å². The molecule has 0 aliphatic carbocycles. The van der Waals surface area contributed by atoms with Crippen molar-refractivity contribution in [1.29, 1.82) is 0 Å². The van der Waals surface area contributed by atoms with Crippen LogP contribution in [0.4, 0.5) is 0 Å². The molecule has 2 atom stereocenters. The van der Waals surface area contributed by atoms with Crippen molar-refractivity contribution >= 4 is 34.5 Å². The average Bonchev–Trinajstić information content (AvgIpc) is 3.41. The molecule has 4 heterocycles. The lowest BCUT2D eigenvalue weighted by atomic mass is 10.0. The number of nitrogens with one attached hydrogen (secondary N) is 1. The number of benzene rings is 2. The number of aromatic nitrogens is 1. The highest BCUT2D eigenvalue weighted by Gasteiger charge is 2.44. The maximum Gasteiger partial charge on any atom is 0.262 e. The van der Waals surface area contributed by atoms with Gasteiger partial charge in [-0.3, -0.25) is 39.3 Å². The van der Waals surface area contributed by atoms with Crippen LogP contribution in [0.1, 0.15) is 45.5 Å². The first-order chi connectivity index (χ1) is 17.5. The van der Waals surface area contributed by atoms with Crippen molar-refractivity contribution in [2.45, 2.75) is 38.0 Å². The van der Waals surface area contributed by atoms with Gasteiger partial charge in [-0.05, 0) is 48.7 Å². The van der Waals surface area contributed by atoms with Gasteiger partial charge in [0, 0.05) is 37.6 Å². The number of pyridine rings is 1. The molecule has 182 valence electrons. The predicted molar refractivity (Wildman–Crippen MR) is 129 cm³/mol. The summed E-state index contributed by atoms with van der Waals surface area (Å²) in [5, 5.41) is 3.35. The fraction of sp³-hybridized carbons (Fsp3) is 0.296. The monoisotopic (exact) mass is 484 g/mol. The van der Waals surface area contributed by atoms with Crippen molar-refractivity contribution < 1.29 is 23.9 Å². The lowest BCUT2D eigenvalue weighted by Gasteiger charge is -2.27. The van der Waals surface area contributed by atoms with E-state index >= 15 is 0 Å². The molecule has 0 saturated carbocycles. The summed E-state index contributed by atoms with van der Waals surface area (Å²) in [5.41, 5.74) is 2.66. The summed E-state index contributed by atoms with van der Waals surface area (Å²) in [6.45, 7) is 2.41. The Morgan fingerprint density at radius 2 is 1.81 bits per heavy atom. The van der Waals surface area contributed by atoms with Crippen LogP contribution in [0.5, 0.6) is 5.75 Å². The normalized spacial score (nSPS) is 22.3.